The molecule has 68 valence electrons. The summed E-state index contributed by atoms with van der Waals surface area (Å²) in [6.07, 6.45) is 3.85. The van der Waals surface area contributed by atoms with Gasteiger partial charge in [-0.05, 0) is 25.2 Å². The second kappa shape index (κ2) is 2.59. The largest absolute Gasteiger partial charge is 0.293 e. The summed E-state index contributed by atoms with van der Waals surface area (Å²) in [4.78, 5) is 2.65. The van der Waals surface area contributed by atoms with Gasteiger partial charge in [-0.1, -0.05) is 26.0 Å². The first kappa shape index (κ1) is 8.31. The molecule has 0 aromatic rings. The van der Waals surface area contributed by atoms with Gasteiger partial charge in [-0.2, -0.15) is 0 Å². The molecule has 2 rings (SSSR count). The summed E-state index contributed by atoms with van der Waals surface area (Å²) in [5.74, 6) is 0.877. The molecule has 1 nitrogen and oxygen atoms in total. The minimum absolute atomic E-state index is 0.416. The van der Waals surface area contributed by atoms with E-state index in [0.717, 1.165) is 5.92 Å². The van der Waals surface area contributed by atoms with E-state index < -0.39 is 0 Å². The predicted octanol–water partition coefficient (Wildman–Crippen LogP) is 2.44. The molecule has 12 heavy (non-hydrogen) atoms. The van der Waals surface area contributed by atoms with Crippen LogP contribution in [-0.4, -0.2) is 23.5 Å². The number of nitrogens with zero attached hydrogens (tertiary/aromatic N) is 1. The molecule has 2 atom stereocenters. The highest BCUT2D eigenvalue weighted by molar-refractivity contribution is 5.25. The van der Waals surface area contributed by atoms with Crippen molar-refractivity contribution in [2.75, 3.05) is 13.1 Å². The molecule has 2 unspecified atom stereocenters. The van der Waals surface area contributed by atoms with Crippen molar-refractivity contribution >= 4 is 0 Å². The van der Waals surface area contributed by atoms with Crippen LogP contribution in [0.3, 0.4) is 0 Å². The molecular formula is C11H19N. The monoisotopic (exact) mass is 165 g/mol. The fourth-order valence-corrected chi connectivity index (χ4v) is 3.11. The molecule has 0 amide bonds. The molecule has 0 aliphatic carbocycles. The zero-order valence-electron chi connectivity index (χ0n) is 8.27. The van der Waals surface area contributed by atoms with Crippen molar-refractivity contribution in [2.45, 2.75) is 38.6 Å². The van der Waals surface area contributed by atoms with Crippen LogP contribution < -0.4 is 0 Å². The fraction of sp³-hybridized carbons (Fsp3) is 0.818. The average molecular weight is 165 g/mol. The maximum Gasteiger partial charge on any atom is 0.0419 e. The highest BCUT2D eigenvalue weighted by atomic mass is 15.2. The first-order valence-electron chi connectivity index (χ1n) is 5.12. The molecule has 0 N–H and O–H groups in total. The van der Waals surface area contributed by atoms with E-state index in [4.69, 9.17) is 0 Å². The Bertz CT molecular complexity index is 209. The Morgan fingerprint density at radius 3 is 3.00 bits per heavy atom. The third-order valence-electron chi connectivity index (χ3n) is 3.75. The van der Waals surface area contributed by atoms with E-state index in [0.29, 0.717) is 5.54 Å². The van der Waals surface area contributed by atoms with Crippen LogP contribution in [0.15, 0.2) is 12.2 Å². The molecule has 0 aromatic heterocycles. The predicted molar refractivity (Wildman–Crippen MR) is 52.1 cm³/mol. The van der Waals surface area contributed by atoms with E-state index in [-0.39, 0.29) is 0 Å². The lowest BCUT2D eigenvalue weighted by atomic mass is 9.85. The van der Waals surface area contributed by atoms with Crippen LogP contribution in [0.2, 0.25) is 0 Å². The number of rotatable bonds is 1. The van der Waals surface area contributed by atoms with Crippen LogP contribution in [0.25, 0.3) is 0 Å². The SMILES string of the molecule is C=C1CCN2CC(C)CC12CC. The molecule has 2 fully saturated rings. The molecule has 2 heterocycles. The van der Waals surface area contributed by atoms with Crippen LogP contribution in [-0.2, 0) is 0 Å². The zero-order valence-corrected chi connectivity index (χ0v) is 8.27. The summed E-state index contributed by atoms with van der Waals surface area (Å²) < 4.78 is 0. The number of hydrogen-bond acceptors (Lipinski definition) is 1. The van der Waals surface area contributed by atoms with Gasteiger partial charge in [-0.3, -0.25) is 4.90 Å². The summed E-state index contributed by atoms with van der Waals surface area (Å²) in [5.41, 5.74) is 1.91. The summed E-state index contributed by atoms with van der Waals surface area (Å²) in [7, 11) is 0. The highest BCUT2D eigenvalue weighted by Crippen LogP contribution is 2.46. The molecule has 2 aliphatic heterocycles. The van der Waals surface area contributed by atoms with E-state index in [1.807, 2.05) is 0 Å². The third kappa shape index (κ3) is 0.891. The Hall–Kier alpha value is -0.300. The van der Waals surface area contributed by atoms with E-state index in [2.05, 4.69) is 25.3 Å². The molecule has 0 spiro atoms. The van der Waals surface area contributed by atoms with E-state index in [9.17, 15) is 0 Å². The Morgan fingerprint density at radius 1 is 1.67 bits per heavy atom. The summed E-state index contributed by atoms with van der Waals surface area (Å²) in [6, 6.07) is 0. The van der Waals surface area contributed by atoms with Gasteiger partial charge in [0.05, 0.1) is 0 Å². The molecule has 0 saturated carbocycles. The van der Waals surface area contributed by atoms with Crippen molar-refractivity contribution in [3.63, 3.8) is 0 Å². The van der Waals surface area contributed by atoms with Gasteiger partial charge in [0.2, 0.25) is 0 Å². The van der Waals surface area contributed by atoms with Crippen molar-refractivity contribution < 1.29 is 0 Å². The second-order valence-electron chi connectivity index (χ2n) is 4.49. The lowest BCUT2D eigenvalue weighted by molar-refractivity contribution is 0.217. The van der Waals surface area contributed by atoms with E-state index >= 15 is 0 Å². The Kier molecular flexibility index (Phi) is 1.80. The Morgan fingerprint density at radius 2 is 2.42 bits per heavy atom. The summed E-state index contributed by atoms with van der Waals surface area (Å²) in [6.45, 7) is 11.5. The third-order valence-corrected chi connectivity index (χ3v) is 3.75. The van der Waals surface area contributed by atoms with Gasteiger partial charge in [-0.15, -0.1) is 0 Å². The Balaban J connectivity index is 2.28. The summed E-state index contributed by atoms with van der Waals surface area (Å²) in [5, 5.41) is 0. The van der Waals surface area contributed by atoms with Gasteiger partial charge >= 0.3 is 0 Å². The van der Waals surface area contributed by atoms with Crippen molar-refractivity contribution in [3.8, 4) is 0 Å². The van der Waals surface area contributed by atoms with Crippen LogP contribution in [0.4, 0.5) is 0 Å². The Labute approximate surface area is 75.4 Å². The molecular weight excluding hydrogens is 146 g/mol. The molecule has 0 aromatic carbocycles. The van der Waals surface area contributed by atoms with Crippen LogP contribution in [0, 0.1) is 5.92 Å². The molecule has 1 heteroatoms. The quantitative estimate of drug-likeness (QED) is 0.539. The molecule has 2 saturated heterocycles. The van der Waals surface area contributed by atoms with Crippen molar-refractivity contribution in [3.05, 3.63) is 12.2 Å². The standard InChI is InChI=1S/C11H19N/c1-4-11-7-9(2)8-12(11)6-5-10(11)3/h9H,3-8H2,1-2H3. The normalized spacial score (nSPS) is 42.2. The van der Waals surface area contributed by atoms with Crippen molar-refractivity contribution in [1.82, 2.24) is 4.90 Å². The molecule has 2 aliphatic rings. The van der Waals surface area contributed by atoms with Gasteiger partial charge < -0.3 is 0 Å². The zero-order chi connectivity index (χ0) is 8.77. The minimum atomic E-state index is 0.416. The molecule has 0 radical (unpaired) electrons. The number of fused-ring (bicyclic) bond motifs is 1. The lowest BCUT2D eigenvalue weighted by Crippen LogP contribution is -2.38. The van der Waals surface area contributed by atoms with E-state index in [1.165, 1.54) is 37.9 Å². The summed E-state index contributed by atoms with van der Waals surface area (Å²) >= 11 is 0. The number of hydrogen-bond donors (Lipinski definition) is 0. The second-order valence-corrected chi connectivity index (χ2v) is 4.49. The van der Waals surface area contributed by atoms with E-state index in [1.54, 1.807) is 0 Å². The highest BCUT2D eigenvalue weighted by Gasteiger charge is 2.47. The van der Waals surface area contributed by atoms with Crippen LogP contribution in [0.5, 0.6) is 0 Å². The average Bonchev–Trinajstić information content (AvgIpc) is 2.50. The maximum absolute atomic E-state index is 4.23. The lowest BCUT2D eigenvalue weighted by Gasteiger charge is -2.31. The van der Waals surface area contributed by atoms with Crippen molar-refractivity contribution in [2.24, 2.45) is 5.92 Å². The van der Waals surface area contributed by atoms with Crippen LogP contribution >= 0.6 is 0 Å². The van der Waals surface area contributed by atoms with Crippen LogP contribution in [0.1, 0.15) is 33.1 Å². The first-order chi connectivity index (χ1) is 5.69. The van der Waals surface area contributed by atoms with Crippen molar-refractivity contribution in [1.29, 1.82) is 0 Å². The van der Waals surface area contributed by atoms with Gasteiger partial charge in [0, 0.05) is 18.6 Å². The molecule has 0 bridgehead atoms. The van der Waals surface area contributed by atoms with Gasteiger partial charge in [0.1, 0.15) is 0 Å². The maximum atomic E-state index is 4.23. The smallest absolute Gasteiger partial charge is 0.0419 e. The topological polar surface area (TPSA) is 3.24 Å². The van der Waals surface area contributed by atoms with Gasteiger partial charge in [-0.25, -0.2) is 0 Å². The van der Waals surface area contributed by atoms with Gasteiger partial charge in [0.15, 0.2) is 0 Å². The van der Waals surface area contributed by atoms with Gasteiger partial charge in [0.25, 0.3) is 0 Å². The fourth-order valence-electron chi connectivity index (χ4n) is 3.11. The first-order valence-corrected chi connectivity index (χ1v) is 5.12. The minimum Gasteiger partial charge on any atom is -0.293 e.